The minimum absolute atomic E-state index is 0.0336. The third-order valence-electron chi connectivity index (χ3n) is 3.55. The maximum Gasteiger partial charge on any atom is 0.317 e. The average Bonchev–Trinajstić information content (AvgIpc) is 3.09. The van der Waals surface area contributed by atoms with E-state index >= 15 is 0 Å². The van der Waals surface area contributed by atoms with E-state index in [-0.39, 0.29) is 6.03 Å². The lowest BCUT2D eigenvalue weighted by atomic mass is 10.3. The molecule has 0 radical (unpaired) electrons. The first-order chi connectivity index (χ1) is 11.8. The number of thiazole rings is 1. The summed E-state index contributed by atoms with van der Waals surface area (Å²) in [5, 5.41) is 5.84. The number of nitrogens with one attached hydrogen (secondary N) is 1. The van der Waals surface area contributed by atoms with Crippen molar-refractivity contribution >= 4 is 17.4 Å². The van der Waals surface area contributed by atoms with Gasteiger partial charge in [-0.15, -0.1) is 11.3 Å². The fourth-order valence-corrected chi connectivity index (χ4v) is 3.02. The van der Waals surface area contributed by atoms with Crippen LogP contribution in [0.25, 0.3) is 0 Å². The van der Waals surface area contributed by atoms with Gasteiger partial charge in [-0.05, 0) is 12.1 Å². The summed E-state index contributed by atoms with van der Waals surface area (Å²) in [4.78, 5) is 22.3. The van der Waals surface area contributed by atoms with Gasteiger partial charge < -0.3 is 19.7 Å². The molecule has 3 heterocycles. The van der Waals surface area contributed by atoms with Crippen LogP contribution in [0.2, 0.25) is 0 Å². The van der Waals surface area contributed by atoms with E-state index < -0.39 is 0 Å². The van der Waals surface area contributed by atoms with Crippen molar-refractivity contribution in [2.45, 2.75) is 13.0 Å². The second kappa shape index (κ2) is 8.60. The molecule has 1 fully saturated rings. The number of nitrogens with zero attached hydrogens (tertiary/aromatic N) is 3. The highest BCUT2D eigenvalue weighted by molar-refractivity contribution is 7.09. The molecule has 1 N–H and O–H groups in total. The molecule has 2 aromatic rings. The van der Waals surface area contributed by atoms with Crippen molar-refractivity contribution in [3.8, 4) is 5.75 Å². The van der Waals surface area contributed by atoms with Crippen LogP contribution in [0.3, 0.4) is 0 Å². The van der Waals surface area contributed by atoms with Crippen molar-refractivity contribution in [1.29, 1.82) is 0 Å². The number of amides is 2. The van der Waals surface area contributed by atoms with Crippen LogP contribution in [0, 0.1) is 0 Å². The minimum atomic E-state index is -0.0336. The molecule has 128 valence electrons. The van der Waals surface area contributed by atoms with Crippen LogP contribution in [0.4, 0.5) is 4.79 Å². The van der Waals surface area contributed by atoms with E-state index in [2.05, 4.69) is 15.3 Å². The van der Waals surface area contributed by atoms with E-state index in [9.17, 15) is 4.79 Å². The van der Waals surface area contributed by atoms with Crippen LogP contribution in [0.15, 0.2) is 29.9 Å². The summed E-state index contributed by atoms with van der Waals surface area (Å²) in [5.74, 6) is 0.729. The predicted molar refractivity (Wildman–Crippen MR) is 90.2 cm³/mol. The van der Waals surface area contributed by atoms with Gasteiger partial charge in [-0.3, -0.25) is 4.98 Å². The van der Waals surface area contributed by atoms with Crippen molar-refractivity contribution in [3.05, 3.63) is 40.6 Å². The van der Waals surface area contributed by atoms with E-state index in [0.717, 1.165) is 16.5 Å². The Morgan fingerprint density at radius 1 is 1.42 bits per heavy atom. The largest absolute Gasteiger partial charge is 0.485 e. The van der Waals surface area contributed by atoms with Crippen LogP contribution in [-0.4, -0.2) is 53.7 Å². The molecule has 1 aliphatic heterocycles. The molecule has 0 aromatic carbocycles. The molecule has 0 atom stereocenters. The van der Waals surface area contributed by atoms with Gasteiger partial charge in [0.15, 0.2) is 0 Å². The number of rotatable bonds is 6. The van der Waals surface area contributed by atoms with Crippen LogP contribution in [0.1, 0.15) is 10.7 Å². The first-order valence-electron chi connectivity index (χ1n) is 7.88. The van der Waals surface area contributed by atoms with E-state index in [0.29, 0.717) is 45.9 Å². The Balaban J connectivity index is 1.38. The number of carbonyl (C=O) groups is 1. The number of aromatic nitrogens is 2. The Kier molecular flexibility index (Phi) is 5.97. The van der Waals surface area contributed by atoms with Gasteiger partial charge in [0.05, 0.1) is 25.1 Å². The van der Waals surface area contributed by atoms with Gasteiger partial charge in [-0.1, -0.05) is 0 Å². The summed E-state index contributed by atoms with van der Waals surface area (Å²) in [6.45, 7) is 3.52. The number of ether oxygens (including phenoxy) is 2. The maximum atomic E-state index is 12.0. The lowest BCUT2D eigenvalue weighted by Gasteiger charge is -2.26. The van der Waals surface area contributed by atoms with Gasteiger partial charge in [0.1, 0.15) is 17.4 Å². The van der Waals surface area contributed by atoms with Gasteiger partial charge in [0, 0.05) is 37.6 Å². The van der Waals surface area contributed by atoms with Gasteiger partial charge >= 0.3 is 6.03 Å². The maximum absolute atomic E-state index is 12.0. The average molecular weight is 348 g/mol. The molecular formula is C16H20N4O3S. The molecule has 0 bridgehead atoms. The highest BCUT2D eigenvalue weighted by Crippen LogP contribution is 2.14. The van der Waals surface area contributed by atoms with E-state index in [1.807, 2.05) is 17.5 Å². The second-order valence-electron chi connectivity index (χ2n) is 5.29. The van der Waals surface area contributed by atoms with E-state index in [1.54, 1.807) is 28.6 Å². The van der Waals surface area contributed by atoms with Crippen LogP contribution in [0.5, 0.6) is 5.75 Å². The number of morpholine rings is 1. The fraction of sp³-hybridized carbons (Fsp3) is 0.438. The van der Waals surface area contributed by atoms with Gasteiger partial charge in [-0.25, -0.2) is 9.78 Å². The zero-order valence-electron chi connectivity index (χ0n) is 13.3. The molecule has 0 aliphatic carbocycles. The Labute approximate surface area is 144 Å². The van der Waals surface area contributed by atoms with E-state index in [4.69, 9.17) is 9.47 Å². The second-order valence-corrected chi connectivity index (χ2v) is 6.23. The van der Waals surface area contributed by atoms with Crippen molar-refractivity contribution in [2.75, 3.05) is 32.8 Å². The van der Waals surface area contributed by atoms with Crippen LogP contribution >= 0.6 is 11.3 Å². The van der Waals surface area contributed by atoms with Gasteiger partial charge in [0.25, 0.3) is 0 Å². The Morgan fingerprint density at radius 2 is 2.29 bits per heavy atom. The van der Waals surface area contributed by atoms with Crippen molar-refractivity contribution in [2.24, 2.45) is 0 Å². The van der Waals surface area contributed by atoms with Crippen LogP contribution < -0.4 is 10.1 Å². The highest BCUT2D eigenvalue weighted by atomic mass is 32.1. The lowest BCUT2D eigenvalue weighted by Crippen LogP contribution is -2.46. The summed E-state index contributed by atoms with van der Waals surface area (Å²) in [5.41, 5.74) is 0.965. The first-order valence-corrected chi connectivity index (χ1v) is 8.76. The molecule has 1 aliphatic rings. The smallest absolute Gasteiger partial charge is 0.317 e. The zero-order chi connectivity index (χ0) is 16.6. The number of carbonyl (C=O) groups excluding carboxylic acids is 1. The SMILES string of the molecule is O=C(NCCc1csc(COc2cccnc2)n1)N1CCOCC1. The minimum Gasteiger partial charge on any atom is -0.485 e. The summed E-state index contributed by atoms with van der Waals surface area (Å²) < 4.78 is 10.9. The van der Waals surface area contributed by atoms with Crippen molar-refractivity contribution < 1.29 is 14.3 Å². The van der Waals surface area contributed by atoms with Crippen molar-refractivity contribution in [3.63, 3.8) is 0 Å². The Bertz CT molecular complexity index is 644. The third kappa shape index (κ3) is 4.90. The van der Waals surface area contributed by atoms with Gasteiger partial charge in [0.2, 0.25) is 0 Å². The molecule has 2 aromatic heterocycles. The highest BCUT2D eigenvalue weighted by Gasteiger charge is 2.16. The molecular weight excluding hydrogens is 328 g/mol. The molecule has 0 saturated carbocycles. The lowest BCUT2D eigenvalue weighted by molar-refractivity contribution is 0.0533. The summed E-state index contributed by atoms with van der Waals surface area (Å²) >= 11 is 1.56. The zero-order valence-corrected chi connectivity index (χ0v) is 14.1. The number of urea groups is 1. The molecule has 24 heavy (non-hydrogen) atoms. The normalized spacial score (nSPS) is 14.4. The third-order valence-corrected chi connectivity index (χ3v) is 4.42. The quantitative estimate of drug-likeness (QED) is 0.860. The number of hydrogen-bond donors (Lipinski definition) is 1. The number of pyridine rings is 1. The summed E-state index contributed by atoms with van der Waals surface area (Å²) in [6, 6.07) is 3.66. The molecule has 3 rings (SSSR count). The summed E-state index contributed by atoms with van der Waals surface area (Å²) in [7, 11) is 0. The molecule has 8 heteroatoms. The first kappa shape index (κ1) is 16.7. The standard InChI is InChI=1S/C16H20N4O3S/c21-16(20-6-8-22-9-7-20)18-5-3-13-12-24-15(19-13)11-23-14-2-1-4-17-10-14/h1-2,4,10,12H,3,5-9,11H2,(H,18,21). The molecule has 0 unspecified atom stereocenters. The molecule has 7 nitrogen and oxygen atoms in total. The monoisotopic (exact) mass is 348 g/mol. The summed E-state index contributed by atoms with van der Waals surface area (Å²) in [6.07, 6.45) is 4.09. The van der Waals surface area contributed by atoms with Crippen LogP contribution in [-0.2, 0) is 17.8 Å². The predicted octanol–water partition coefficient (Wildman–Crippen LogP) is 1.70. The molecule has 2 amide bonds. The molecule has 0 spiro atoms. The van der Waals surface area contributed by atoms with Crippen molar-refractivity contribution in [1.82, 2.24) is 20.2 Å². The fourth-order valence-electron chi connectivity index (χ4n) is 2.28. The number of hydrogen-bond acceptors (Lipinski definition) is 6. The topological polar surface area (TPSA) is 76.6 Å². The van der Waals surface area contributed by atoms with E-state index in [1.165, 1.54) is 0 Å². The Morgan fingerprint density at radius 3 is 3.08 bits per heavy atom. The van der Waals surface area contributed by atoms with Gasteiger partial charge in [-0.2, -0.15) is 0 Å². The Hall–Kier alpha value is -2.19. The molecule has 1 saturated heterocycles.